The molecule has 0 bridgehead atoms. The highest BCUT2D eigenvalue weighted by Gasteiger charge is 2.16. The molecule has 130 valence electrons. The molecule has 0 saturated carbocycles. The normalized spacial score (nSPS) is 12.1. The lowest BCUT2D eigenvalue weighted by Crippen LogP contribution is -2.18. The fourth-order valence-electron chi connectivity index (χ4n) is 2.32. The molecule has 0 aliphatic carbocycles. The minimum Gasteiger partial charge on any atom is -0.494 e. The number of rotatable bonds is 8. The van der Waals surface area contributed by atoms with Crippen molar-refractivity contribution in [2.45, 2.75) is 19.1 Å². The van der Waals surface area contributed by atoms with Gasteiger partial charge in [0.05, 0.1) is 44.6 Å². The van der Waals surface area contributed by atoms with Crippen molar-refractivity contribution in [3.63, 3.8) is 0 Å². The van der Waals surface area contributed by atoms with E-state index in [9.17, 15) is 5.11 Å². The lowest BCUT2D eigenvalue weighted by Gasteiger charge is -2.09. The molecule has 0 spiro atoms. The Morgan fingerprint density at radius 2 is 2.04 bits per heavy atom. The fraction of sp³-hybridized carbons (Fsp3) is 0.278. The summed E-state index contributed by atoms with van der Waals surface area (Å²) < 4.78 is 15.9. The van der Waals surface area contributed by atoms with Gasteiger partial charge in [-0.1, -0.05) is 35.5 Å². The van der Waals surface area contributed by atoms with E-state index in [-0.39, 0.29) is 13.0 Å². The molecular formula is C18H19N3O4. The number of pyridine rings is 1. The van der Waals surface area contributed by atoms with Crippen molar-refractivity contribution in [1.29, 1.82) is 0 Å². The summed E-state index contributed by atoms with van der Waals surface area (Å²) in [5.74, 6) is 1.29. The van der Waals surface area contributed by atoms with Gasteiger partial charge in [-0.3, -0.25) is 4.98 Å². The standard InChI is InChI=1S/C18H19N3O4/c1-23-16-10-19-8-7-15(16)18-20-17(25-21-18)9-14(22)12-24-11-13-5-3-2-4-6-13/h2-8,10,14,22H,9,11-12H2,1H3/t14-/m0/s1. The molecule has 1 N–H and O–H groups in total. The minimum atomic E-state index is -0.726. The van der Waals surface area contributed by atoms with Gasteiger partial charge in [-0.2, -0.15) is 4.98 Å². The second-order valence-corrected chi connectivity index (χ2v) is 5.45. The zero-order chi connectivity index (χ0) is 17.5. The van der Waals surface area contributed by atoms with Crippen LogP contribution in [0, 0.1) is 0 Å². The Bertz CT molecular complexity index is 792. The third-order valence-corrected chi connectivity index (χ3v) is 3.55. The molecule has 0 aliphatic heterocycles. The zero-order valence-corrected chi connectivity index (χ0v) is 13.8. The molecule has 2 aromatic heterocycles. The smallest absolute Gasteiger partial charge is 0.229 e. The highest BCUT2D eigenvalue weighted by atomic mass is 16.5. The highest BCUT2D eigenvalue weighted by molar-refractivity contribution is 5.62. The average molecular weight is 341 g/mol. The average Bonchev–Trinajstić information content (AvgIpc) is 3.10. The Hall–Kier alpha value is -2.77. The van der Waals surface area contributed by atoms with Crippen LogP contribution >= 0.6 is 0 Å². The van der Waals surface area contributed by atoms with Gasteiger partial charge in [0.25, 0.3) is 0 Å². The van der Waals surface area contributed by atoms with E-state index < -0.39 is 6.10 Å². The van der Waals surface area contributed by atoms with Gasteiger partial charge < -0.3 is 19.1 Å². The maximum atomic E-state index is 10.1. The Morgan fingerprint density at radius 3 is 2.84 bits per heavy atom. The van der Waals surface area contributed by atoms with Crippen LogP contribution in [-0.4, -0.2) is 40.1 Å². The fourth-order valence-corrected chi connectivity index (χ4v) is 2.32. The van der Waals surface area contributed by atoms with Crippen LogP contribution in [0.2, 0.25) is 0 Å². The van der Waals surface area contributed by atoms with Gasteiger partial charge >= 0.3 is 0 Å². The summed E-state index contributed by atoms with van der Waals surface area (Å²) in [6.45, 7) is 0.631. The molecule has 3 rings (SSSR count). The van der Waals surface area contributed by atoms with Crippen LogP contribution in [0.4, 0.5) is 0 Å². The van der Waals surface area contributed by atoms with Gasteiger partial charge in [0.2, 0.25) is 11.7 Å². The van der Waals surface area contributed by atoms with Crippen molar-refractivity contribution in [1.82, 2.24) is 15.1 Å². The SMILES string of the molecule is COc1cnccc1-c1noc(C[C@H](O)COCc2ccccc2)n1. The van der Waals surface area contributed by atoms with Crippen LogP contribution in [-0.2, 0) is 17.8 Å². The predicted octanol–water partition coefficient (Wildman–Crippen LogP) is 2.26. The van der Waals surface area contributed by atoms with E-state index in [2.05, 4.69) is 15.1 Å². The van der Waals surface area contributed by atoms with Crippen molar-refractivity contribution in [3.8, 4) is 17.1 Å². The number of benzene rings is 1. The monoisotopic (exact) mass is 341 g/mol. The Balaban J connectivity index is 1.54. The van der Waals surface area contributed by atoms with Crippen LogP contribution in [0.25, 0.3) is 11.4 Å². The first-order valence-electron chi connectivity index (χ1n) is 7.87. The van der Waals surface area contributed by atoms with Gasteiger partial charge in [-0.15, -0.1) is 0 Å². The molecule has 0 fully saturated rings. The van der Waals surface area contributed by atoms with E-state index in [4.69, 9.17) is 14.0 Å². The first-order valence-corrected chi connectivity index (χ1v) is 7.87. The topological polar surface area (TPSA) is 90.5 Å². The predicted molar refractivity (Wildman–Crippen MR) is 89.9 cm³/mol. The van der Waals surface area contributed by atoms with E-state index in [0.717, 1.165) is 5.56 Å². The number of hydrogen-bond donors (Lipinski definition) is 1. The number of aliphatic hydroxyl groups is 1. The first-order chi connectivity index (χ1) is 12.3. The quantitative estimate of drug-likeness (QED) is 0.672. The molecule has 7 heteroatoms. The summed E-state index contributed by atoms with van der Waals surface area (Å²) in [6.07, 6.45) is 2.70. The van der Waals surface area contributed by atoms with E-state index >= 15 is 0 Å². The number of hydrogen-bond acceptors (Lipinski definition) is 7. The van der Waals surface area contributed by atoms with Crippen molar-refractivity contribution in [3.05, 3.63) is 60.2 Å². The summed E-state index contributed by atoms with van der Waals surface area (Å²) in [7, 11) is 1.55. The van der Waals surface area contributed by atoms with Crippen molar-refractivity contribution in [2.24, 2.45) is 0 Å². The van der Waals surface area contributed by atoms with Gasteiger partial charge in [0, 0.05) is 6.20 Å². The Morgan fingerprint density at radius 1 is 1.20 bits per heavy atom. The summed E-state index contributed by atoms with van der Waals surface area (Å²) >= 11 is 0. The number of ether oxygens (including phenoxy) is 2. The number of aromatic nitrogens is 3. The van der Waals surface area contributed by atoms with Crippen LogP contribution < -0.4 is 4.74 Å². The molecule has 0 radical (unpaired) electrons. The summed E-state index contributed by atoms with van der Waals surface area (Å²) in [5, 5.41) is 14.0. The van der Waals surface area contributed by atoms with Crippen molar-refractivity contribution >= 4 is 0 Å². The molecular weight excluding hydrogens is 322 g/mol. The summed E-state index contributed by atoms with van der Waals surface area (Å²) in [5.41, 5.74) is 1.74. The third kappa shape index (κ3) is 4.62. The molecule has 0 amide bonds. The number of aliphatic hydroxyl groups excluding tert-OH is 1. The molecule has 2 heterocycles. The molecule has 1 atom stereocenters. The summed E-state index contributed by atoms with van der Waals surface area (Å²) in [4.78, 5) is 8.28. The first kappa shape index (κ1) is 17.1. The highest BCUT2D eigenvalue weighted by Crippen LogP contribution is 2.26. The van der Waals surface area contributed by atoms with E-state index in [1.54, 1.807) is 25.6 Å². The lowest BCUT2D eigenvalue weighted by molar-refractivity contribution is 0.0253. The second kappa shape index (κ2) is 8.36. The number of nitrogens with zero attached hydrogens (tertiary/aromatic N) is 3. The Labute approximate surface area is 145 Å². The van der Waals surface area contributed by atoms with Crippen molar-refractivity contribution in [2.75, 3.05) is 13.7 Å². The second-order valence-electron chi connectivity index (χ2n) is 5.45. The molecule has 25 heavy (non-hydrogen) atoms. The minimum absolute atomic E-state index is 0.186. The number of methoxy groups -OCH3 is 1. The van der Waals surface area contributed by atoms with Crippen LogP contribution in [0.3, 0.4) is 0 Å². The van der Waals surface area contributed by atoms with Gasteiger partial charge in [-0.25, -0.2) is 0 Å². The lowest BCUT2D eigenvalue weighted by atomic mass is 10.2. The van der Waals surface area contributed by atoms with Gasteiger partial charge in [-0.05, 0) is 11.6 Å². The third-order valence-electron chi connectivity index (χ3n) is 3.55. The molecule has 0 aliphatic rings. The Kier molecular flexibility index (Phi) is 5.71. The largest absolute Gasteiger partial charge is 0.494 e. The molecule has 1 aromatic carbocycles. The molecule has 0 saturated heterocycles. The maximum Gasteiger partial charge on any atom is 0.229 e. The summed E-state index contributed by atoms with van der Waals surface area (Å²) in [6, 6.07) is 11.5. The van der Waals surface area contributed by atoms with Crippen LogP contribution in [0.15, 0.2) is 53.3 Å². The van der Waals surface area contributed by atoms with E-state index in [1.165, 1.54) is 0 Å². The maximum absolute atomic E-state index is 10.1. The molecule has 3 aromatic rings. The molecule has 7 nitrogen and oxygen atoms in total. The van der Waals surface area contributed by atoms with Crippen LogP contribution in [0.5, 0.6) is 5.75 Å². The van der Waals surface area contributed by atoms with E-state index in [1.807, 2.05) is 30.3 Å². The molecule has 0 unspecified atom stereocenters. The van der Waals surface area contributed by atoms with Gasteiger partial charge in [0.1, 0.15) is 5.75 Å². The van der Waals surface area contributed by atoms with Crippen molar-refractivity contribution < 1.29 is 19.1 Å². The van der Waals surface area contributed by atoms with Gasteiger partial charge in [0.15, 0.2) is 0 Å². The van der Waals surface area contributed by atoms with E-state index in [0.29, 0.717) is 29.6 Å². The zero-order valence-electron chi connectivity index (χ0n) is 13.8. The van der Waals surface area contributed by atoms with Crippen LogP contribution in [0.1, 0.15) is 11.5 Å².